The molecule has 228 valence electrons. The fourth-order valence-corrected chi connectivity index (χ4v) is 6.34. The lowest BCUT2D eigenvalue weighted by Gasteiger charge is -2.50. The number of primary amides is 1. The van der Waals surface area contributed by atoms with Crippen LogP contribution in [0.5, 0.6) is 5.75 Å². The molecule has 0 saturated heterocycles. The topological polar surface area (TPSA) is 203 Å². The molecule has 0 radical (unpaired) electrons. The monoisotopic (exact) mass is 586 g/mol. The molecular formula is C29H38N4O9. The van der Waals surface area contributed by atoms with Crippen LogP contribution in [-0.2, 0) is 32.1 Å². The van der Waals surface area contributed by atoms with Crippen molar-refractivity contribution in [1.82, 2.24) is 10.2 Å². The van der Waals surface area contributed by atoms with Gasteiger partial charge in [-0.1, -0.05) is 13.8 Å². The highest BCUT2D eigenvalue weighted by atomic mass is 16.5. The normalized spacial score (nSPS) is 25.3. The minimum atomic E-state index is -2.72. The molecular weight excluding hydrogens is 548 g/mol. The Morgan fingerprint density at radius 2 is 1.81 bits per heavy atom. The zero-order chi connectivity index (χ0) is 31.4. The molecule has 1 aromatic carbocycles. The van der Waals surface area contributed by atoms with Crippen molar-refractivity contribution in [2.45, 2.75) is 44.9 Å². The Labute approximate surface area is 243 Å². The molecule has 0 spiro atoms. The fraction of sp³-hybridized carbons (Fsp3) is 0.517. The van der Waals surface area contributed by atoms with Gasteiger partial charge in [0.25, 0.3) is 5.91 Å². The van der Waals surface area contributed by atoms with E-state index in [1.807, 2.05) is 13.8 Å². The van der Waals surface area contributed by atoms with Crippen LogP contribution in [0.3, 0.4) is 0 Å². The summed E-state index contributed by atoms with van der Waals surface area (Å²) in [7, 11) is 6.61. The molecule has 3 aliphatic rings. The van der Waals surface area contributed by atoms with Gasteiger partial charge < -0.3 is 41.1 Å². The summed E-state index contributed by atoms with van der Waals surface area (Å²) in [4.78, 5) is 54.8. The number of likely N-dealkylation sites (N-methyl/N-ethyl adjacent to an activating group) is 1. The van der Waals surface area contributed by atoms with Gasteiger partial charge >= 0.3 is 6.09 Å². The number of aliphatic hydroxyl groups excluding tert-OH is 2. The highest BCUT2D eigenvalue weighted by molar-refractivity contribution is 6.24. The number of amides is 2. The zero-order valence-electron chi connectivity index (χ0n) is 24.5. The molecule has 3 aliphatic carbocycles. The lowest BCUT2D eigenvalue weighted by Crippen LogP contribution is -2.65. The molecule has 1 fully saturated rings. The van der Waals surface area contributed by atoms with Crippen LogP contribution in [0.25, 0.3) is 5.76 Å². The third-order valence-electron chi connectivity index (χ3n) is 8.23. The van der Waals surface area contributed by atoms with Crippen molar-refractivity contribution in [3.8, 4) is 5.75 Å². The van der Waals surface area contributed by atoms with E-state index in [-0.39, 0.29) is 54.4 Å². The van der Waals surface area contributed by atoms with Gasteiger partial charge in [0.1, 0.15) is 22.8 Å². The number of carbonyl (C=O) groups is 4. The summed E-state index contributed by atoms with van der Waals surface area (Å²) in [6, 6.07) is 0.504. The van der Waals surface area contributed by atoms with Crippen LogP contribution in [0.15, 0.2) is 23.0 Å². The molecule has 13 heteroatoms. The maximum Gasteiger partial charge on any atom is 0.407 e. The summed E-state index contributed by atoms with van der Waals surface area (Å²) in [6.07, 6.45) is -0.551. The molecule has 0 aliphatic heterocycles. The number of rotatable bonds is 7. The molecule has 1 aromatic rings. The molecule has 0 bridgehead atoms. The van der Waals surface area contributed by atoms with E-state index in [9.17, 15) is 39.6 Å². The number of nitrogens with one attached hydrogen (secondary N) is 1. The van der Waals surface area contributed by atoms with Gasteiger partial charge in [0.2, 0.25) is 5.78 Å². The first kappa shape index (κ1) is 30.8. The summed E-state index contributed by atoms with van der Waals surface area (Å²) >= 11 is 0. The number of phenols is 1. The van der Waals surface area contributed by atoms with E-state index < -0.39 is 64.1 Å². The van der Waals surface area contributed by atoms with Gasteiger partial charge in [-0.15, -0.1) is 0 Å². The maximum absolute atomic E-state index is 14.0. The Bertz CT molecular complexity index is 1430. The number of benzene rings is 1. The number of hydrogen-bond donors (Lipinski definition) is 6. The van der Waals surface area contributed by atoms with E-state index in [1.165, 1.54) is 4.90 Å². The number of ketones is 2. The van der Waals surface area contributed by atoms with Gasteiger partial charge in [-0.3, -0.25) is 19.3 Å². The van der Waals surface area contributed by atoms with Crippen LogP contribution in [-0.4, -0.2) is 95.3 Å². The van der Waals surface area contributed by atoms with E-state index in [2.05, 4.69) is 5.32 Å². The van der Waals surface area contributed by atoms with Crippen molar-refractivity contribution in [2.75, 3.05) is 39.7 Å². The highest BCUT2D eigenvalue weighted by Gasteiger charge is 2.64. The molecule has 0 aromatic heterocycles. The van der Waals surface area contributed by atoms with Crippen LogP contribution >= 0.6 is 0 Å². The van der Waals surface area contributed by atoms with E-state index in [0.29, 0.717) is 11.3 Å². The Balaban J connectivity index is 1.86. The van der Waals surface area contributed by atoms with Crippen LogP contribution in [0.1, 0.15) is 37.0 Å². The number of nitrogens with zero attached hydrogens (tertiary/aromatic N) is 2. The lowest BCUT2D eigenvalue weighted by atomic mass is 9.57. The molecule has 4 rings (SSSR count). The number of ether oxygens (including phenoxy) is 1. The van der Waals surface area contributed by atoms with Crippen molar-refractivity contribution in [3.63, 3.8) is 0 Å². The largest absolute Gasteiger partial charge is 0.508 e. The molecule has 7 N–H and O–H groups in total. The Kier molecular flexibility index (Phi) is 8.04. The number of Topliss-reactive ketones (excluding diaryl/α,β-unsaturated/α-hetero) is 2. The number of fused-ring (bicyclic) bond motifs is 3. The third kappa shape index (κ3) is 4.75. The summed E-state index contributed by atoms with van der Waals surface area (Å²) < 4.78 is 5.13. The van der Waals surface area contributed by atoms with Gasteiger partial charge in [0, 0.05) is 43.4 Å². The van der Waals surface area contributed by atoms with Gasteiger partial charge in [0.15, 0.2) is 11.4 Å². The second-order valence-electron chi connectivity index (χ2n) is 12.0. The quantitative estimate of drug-likeness (QED) is 0.248. The highest BCUT2D eigenvalue weighted by Crippen LogP contribution is 2.54. The predicted molar refractivity (Wildman–Crippen MR) is 152 cm³/mol. The average Bonchev–Trinajstić information content (AvgIpc) is 2.88. The molecule has 4 unspecified atom stereocenters. The van der Waals surface area contributed by atoms with Gasteiger partial charge in [-0.2, -0.15) is 0 Å². The maximum atomic E-state index is 14.0. The van der Waals surface area contributed by atoms with E-state index in [4.69, 9.17) is 10.5 Å². The summed E-state index contributed by atoms with van der Waals surface area (Å²) in [5, 5.41) is 48.1. The smallest absolute Gasteiger partial charge is 0.407 e. The van der Waals surface area contributed by atoms with Gasteiger partial charge in [0.05, 0.1) is 18.2 Å². The molecule has 2 amide bonds. The Hall–Kier alpha value is -4.10. The second kappa shape index (κ2) is 11.0. The van der Waals surface area contributed by atoms with Crippen molar-refractivity contribution in [1.29, 1.82) is 0 Å². The second-order valence-corrected chi connectivity index (χ2v) is 12.0. The first-order valence-electron chi connectivity index (χ1n) is 13.6. The molecule has 13 nitrogen and oxygen atoms in total. The number of nitrogens with two attached hydrogens (primary N) is 1. The average molecular weight is 587 g/mol. The van der Waals surface area contributed by atoms with Crippen LogP contribution < -0.4 is 16.0 Å². The number of aliphatic hydroxyl groups is 3. The van der Waals surface area contributed by atoms with E-state index in [1.54, 1.807) is 39.2 Å². The summed E-state index contributed by atoms with van der Waals surface area (Å²) in [5.74, 6) is -7.05. The van der Waals surface area contributed by atoms with Crippen LogP contribution in [0.4, 0.5) is 10.5 Å². The van der Waals surface area contributed by atoms with Crippen molar-refractivity contribution in [2.24, 2.45) is 23.5 Å². The standard InChI is InChI=1S/C29H38N4O9/c1-12(2)11-42-28(40)31-10-14-9-17(32(3)4)15-7-13-8-16-21(33(5)6)24(36)20(27(30)39)26(38)29(16,41)25(37)18(13)23(35)19(15)22(14)34/h9,12-13,16,21,34-35,38,41H,7-8,10-11H2,1-6H3,(H2,30,39)(H,31,40). The Morgan fingerprint density at radius 3 is 2.36 bits per heavy atom. The number of carbonyl (C=O) groups excluding carboxylic acids is 4. The summed E-state index contributed by atoms with van der Waals surface area (Å²) in [5.41, 5.74) is 2.85. The minimum Gasteiger partial charge on any atom is -0.508 e. The van der Waals surface area contributed by atoms with Crippen LogP contribution in [0.2, 0.25) is 0 Å². The van der Waals surface area contributed by atoms with Crippen LogP contribution in [0, 0.1) is 17.8 Å². The SMILES string of the molecule is CC(C)COC(=O)NCc1cc(N(C)C)c2c(c1O)C(O)=C1C(=O)C3(O)C(O)=C(C(N)=O)C(=O)C(N(C)C)C3CC1C2. The molecule has 1 saturated carbocycles. The summed E-state index contributed by atoms with van der Waals surface area (Å²) in [6.45, 7) is 3.82. The van der Waals surface area contributed by atoms with Gasteiger partial charge in [-0.25, -0.2) is 4.79 Å². The van der Waals surface area contributed by atoms with E-state index in [0.717, 1.165) is 0 Å². The molecule has 42 heavy (non-hydrogen) atoms. The minimum absolute atomic E-state index is 0.00953. The van der Waals surface area contributed by atoms with Crippen molar-refractivity contribution < 1.29 is 44.3 Å². The Morgan fingerprint density at radius 1 is 1.17 bits per heavy atom. The lowest BCUT2D eigenvalue weighted by molar-refractivity contribution is -0.153. The zero-order valence-corrected chi connectivity index (χ0v) is 24.5. The molecule has 4 atom stereocenters. The first-order valence-corrected chi connectivity index (χ1v) is 13.6. The number of aromatic hydroxyl groups is 1. The van der Waals surface area contributed by atoms with Crippen molar-refractivity contribution >= 4 is 35.0 Å². The number of phenolic OH excluding ortho intramolecular Hbond substituents is 1. The number of anilines is 1. The third-order valence-corrected chi connectivity index (χ3v) is 8.23. The predicted octanol–water partition coefficient (Wildman–Crippen LogP) is 0.912. The first-order chi connectivity index (χ1) is 19.5. The van der Waals surface area contributed by atoms with Gasteiger partial charge in [-0.05, 0) is 50.4 Å². The van der Waals surface area contributed by atoms with Crippen molar-refractivity contribution in [3.05, 3.63) is 39.7 Å². The number of hydrogen-bond acceptors (Lipinski definition) is 11. The fourth-order valence-electron chi connectivity index (χ4n) is 6.34. The number of alkyl carbamates (subject to hydrolysis) is 1. The van der Waals surface area contributed by atoms with E-state index >= 15 is 0 Å². The molecule has 0 heterocycles.